The van der Waals surface area contributed by atoms with Gasteiger partial charge in [-0.3, -0.25) is 0 Å². The summed E-state index contributed by atoms with van der Waals surface area (Å²) < 4.78 is 12.6. The molecule has 2 aliphatic carbocycles. The number of aryl methyl sites for hydroxylation is 1. The highest BCUT2D eigenvalue weighted by atomic mass is 32.1. The number of hydrogen-bond acceptors (Lipinski definition) is 4. The standard InChI is InChI=1S/C24H35NO2S/c1-5-6-7-8-9-16-10-11-20(28-16)19(15-25)26-21-14-17-18-12-13-24(4,22(17)27-21)23(18,2)3/h10-11,17-19,21-22H,5-9,12-14H2,1-4H3/t17-,18-,19+,21-,22-,24+/m1/s1. The first-order chi connectivity index (χ1) is 13.4. The smallest absolute Gasteiger partial charge is 0.181 e. The third-order valence-corrected chi connectivity index (χ3v) is 9.48. The molecule has 3 aliphatic rings. The van der Waals surface area contributed by atoms with Gasteiger partial charge in [0.15, 0.2) is 12.4 Å². The molecule has 28 heavy (non-hydrogen) atoms. The average Bonchev–Trinajstić information content (AvgIpc) is 3.38. The molecule has 2 heterocycles. The van der Waals surface area contributed by atoms with Gasteiger partial charge in [0.2, 0.25) is 0 Å². The van der Waals surface area contributed by atoms with Gasteiger partial charge >= 0.3 is 0 Å². The van der Waals surface area contributed by atoms with Crippen molar-refractivity contribution in [3.63, 3.8) is 0 Å². The first-order valence-electron chi connectivity index (χ1n) is 11.2. The number of thiophene rings is 1. The third kappa shape index (κ3) is 3.24. The largest absolute Gasteiger partial charge is 0.348 e. The molecule has 0 amide bonds. The zero-order valence-corrected chi connectivity index (χ0v) is 18.7. The summed E-state index contributed by atoms with van der Waals surface area (Å²) >= 11 is 1.74. The van der Waals surface area contributed by atoms with Gasteiger partial charge in [-0.05, 0) is 60.5 Å². The summed E-state index contributed by atoms with van der Waals surface area (Å²) in [6.07, 6.45) is 9.28. The molecule has 4 heteroatoms. The van der Waals surface area contributed by atoms with Crippen molar-refractivity contribution >= 4 is 11.3 Å². The van der Waals surface area contributed by atoms with Gasteiger partial charge in [-0.25, -0.2) is 0 Å². The normalized spacial score (nSPS) is 36.4. The van der Waals surface area contributed by atoms with Crippen LogP contribution in [0.15, 0.2) is 12.1 Å². The predicted molar refractivity (Wildman–Crippen MR) is 113 cm³/mol. The number of fused-ring (bicyclic) bond motifs is 5. The second-order valence-electron chi connectivity index (χ2n) is 9.93. The van der Waals surface area contributed by atoms with Crippen molar-refractivity contribution < 1.29 is 9.47 Å². The molecule has 3 nitrogen and oxygen atoms in total. The van der Waals surface area contributed by atoms with Gasteiger partial charge in [0.1, 0.15) is 6.07 Å². The van der Waals surface area contributed by atoms with Crippen LogP contribution >= 0.6 is 11.3 Å². The Morgan fingerprint density at radius 3 is 2.82 bits per heavy atom. The van der Waals surface area contributed by atoms with Crippen LogP contribution in [0.2, 0.25) is 0 Å². The van der Waals surface area contributed by atoms with E-state index in [4.69, 9.17) is 9.47 Å². The van der Waals surface area contributed by atoms with Crippen molar-refractivity contribution in [2.75, 3.05) is 0 Å². The Labute approximate surface area is 174 Å². The lowest BCUT2D eigenvalue weighted by Gasteiger charge is -2.38. The van der Waals surface area contributed by atoms with Crippen LogP contribution in [-0.2, 0) is 15.9 Å². The van der Waals surface area contributed by atoms with Crippen molar-refractivity contribution in [2.24, 2.45) is 22.7 Å². The fourth-order valence-corrected chi connectivity index (χ4v) is 7.32. The van der Waals surface area contributed by atoms with E-state index < -0.39 is 6.10 Å². The number of rotatable bonds is 8. The van der Waals surface area contributed by atoms with Crippen LogP contribution in [0.25, 0.3) is 0 Å². The fraction of sp³-hybridized carbons (Fsp3) is 0.792. The molecule has 6 atom stereocenters. The van der Waals surface area contributed by atoms with E-state index in [1.807, 2.05) is 0 Å². The van der Waals surface area contributed by atoms with Crippen molar-refractivity contribution in [1.82, 2.24) is 0 Å². The van der Waals surface area contributed by atoms with E-state index >= 15 is 0 Å². The van der Waals surface area contributed by atoms with Gasteiger partial charge in [-0.15, -0.1) is 11.3 Å². The van der Waals surface area contributed by atoms with Crippen molar-refractivity contribution in [3.8, 4) is 6.07 Å². The van der Waals surface area contributed by atoms with E-state index in [1.54, 1.807) is 11.3 Å². The number of nitriles is 1. The van der Waals surface area contributed by atoms with Gasteiger partial charge < -0.3 is 9.47 Å². The van der Waals surface area contributed by atoms with E-state index in [-0.39, 0.29) is 11.7 Å². The second-order valence-corrected chi connectivity index (χ2v) is 11.1. The lowest BCUT2D eigenvalue weighted by molar-refractivity contribution is -0.177. The number of nitrogens with zero attached hydrogens (tertiary/aromatic N) is 1. The third-order valence-electron chi connectivity index (χ3n) is 8.29. The van der Waals surface area contributed by atoms with Crippen LogP contribution < -0.4 is 0 Å². The summed E-state index contributed by atoms with van der Waals surface area (Å²) in [7, 11) is 0. The van der Waals surface area contributed by atoms with E-state index in [9.17, 15) is 5.26 Å². The van der Waals surface area contributed by atoms with Crippen LogP contribution in [-0.4, -0.2) is 12.4 Å². The summed E-state index contributed by atoms with van der Waals surface area (Å²) in [4.78, 5) is 2.40. The topological polar surface area (TPSA) is 42.2 Å². The molecular formula is C24H35NO2S. The highest BCUT2D eigenvalue weighted by molar-refractivity contribution is 7.12. The van der Waals surface area contributed by atoms with E-state index in [0.717, 1.165) is 23.6 Å². The molecule has 0 aromatic carbocycles. The Morgan fingerprint density at radius 1 is 1.29 bits per heavy atom. The Balaban J connectivity index is 1.36. The maximum Gasteiger partial charge on any atom is 0.181 e. The molecule has 4 rings (SSSR count). The maximum absolute atomic E-state index is 9.72. The summed E-state index contributed by atoms with van der Waals surface area (Å²) in [5, 5.41) is 9.72. The highest BCUT2D eigenvalue weighted by Crippen LogP contribution is 2.71. The predicted octanol–water partition coefficient (Wildman–Crippen LogP) is 6.64. The Morgan fingerprint density at radius 2 is 2.11 bits per heavy atom. The molecule has 1 aromatic rings. The monoisotopic (exact) mass is 401 g/mol. The number of hydrogen-bond donors (Lipinski definition) is 0. The zero-order valence-electron chi connectivity index (χ0n) is 17.9. The lowest BCUT2D eigenvalue weighted by Crippen LogP contribution is -2.38. The SMILES string of the molecule is CCCCCCc1ccc([C@H](C#N)O[C@H]2C[C@@H]3[C@H]4CC[C@@](C)([C@@H]3O2)C4(C)C)s1. The minimum Gasteiger partial charge on any atom is -0.348 e. The first kappa shape index (κ1) is 20.4. The molecule has 0 unspecified atom stereocenters. The maximum atomic E-state index is 9.72. The van der Waals surface area contributed by atoms with E-state index in [2.05, 4.69) is 45.9 Å². The van der Waals surface area contributed by atoms with Gasteiger partial charge in [0.25, 0.3) is 0 Å². The van der Waals surface area contributed by atoms with Crippen LogP contribution in [0.1, 0.15) is 88.5 Å². The fourth-order valence-electron chi connectivity index (χ4n) is 6.28. The molecule has 1 aliphatic heterocycles. The molecule has 2 saturated carbocycles. The van der Waals surface area contributed by atoms with Crippen LogP contribution in [0.3, 0.4) is 0 Å². The van der Waals surface area contributed by atoms with Crippen LogP contribution in [0, 0.1) is 34.0 Å². The molecule has 0 radical (unpaired) electrons. The molecule has 0 N–H and O–H groups in total. The average molecular weight is 402 g/mol. The molecular weight excluding hydrogens is 366 g/mol. The molecule has 3 fully saturated rings. The van der Waals surface area contributed by atoms with Crippen molar-refractivity contribution in [3.05, 3.63) is 21.9 Å². The number of ether oxygens (including phenoxy) is 2. The van der Waals surface area contributed by atoms with E-state index in [1.165, 1.54) is 43.4 Å². The van der Waals surface area contributed by atoms with Crippen molar-refractivity contribution in [1.29, 1.82) is 5.26 Å². The summed E-state index contributed by atoms with van der Waals surface area (Å²) in [5.74, 6) is 1.32. The molecule has 2 bridgehead atoms. The first-order valence-corrected chi connectivity index (χ1v) is 12.0. The molecule has 1 saturated heterocycles. The Kier molecular flexibility index (Phi) is 5.64. The van der Waals surface area contributed by atoms with Gasteiger partial charge in [-0.2, -0.15) is 5.26 Å². The van der Waals surface area contributed by atoms with E-state index in [0.29, 0.717) is 17.4 Å². The number of unbranched alkanes of at least 4 members (excludes halogenated alkanes) is 3. The summed E-state index contributed by atoms with van der Waals surface area (Å²) in [5.41, 5.74) is 0.597. The van der Waals surface area contributed by atoms with Crippen LogP contribution in [0.4, 0.5) is 0 Å². The van der Waals surface area contributed by atoms with Gasteiger partial charge in [0, 0.05) is 16.2 Å². The molecule has 0 spiro atoms. The quantitative estimate of drug-likeness (QED) is 0.459. The highest BCUT2D eigenvalue weighted by Gasteiger charge is 2.69. The van der Waals surface area contributed by atoms with Crippen LogP contribution in [0.5, 0.6) is 0 Å². The summed E-state index contributed by atoms with van der Waals surface area (Å²) in [6.45, 7) is 9.50. The van der Waals surface area contributed by atoms with Crippen molar-refractivity contribution in [2.45, 2.75) is 97.6 Å². The van der Waals surface area contributed by atoms with Gasteiger partial charge in [0.05, 0.1) is 6.10 Å². The molecule has 1 aromatic heterocycles. The molecule has 154 valence electrons. The minimum atomic E-state index is -0.503. The lowest BCUT2D eigenvalue weighted by atomic mass is 9.70. The Hall–Kier alpha value is -0.890. The zero-order chi connectivity index (χ0) is 19.9. The summed E-state index contributed by atoms with van der Waals surface area (Å²) in [6, 6.07) is 6.63. The van der Waals surface area contributed by atoms with Gasteiger partial charge in [-0.1, -0.05) is 47.0 Å². The Bertz CT molecular complexity index is 735. The second kappa shape index (κ2) is 7.74. The minimum absolute atomic E-state index is 0.231.